The van der Waals surface area contributed by atoms with Crippen LogP contribution >= 0.6 is 0 Å². The van der Waals surface area contributed by atoms with E-state index in [1.807, 2.05) is 4.90 Å². The highest BCUT2D eigenvalue weighted by Gasteiger charge is 2.23. The van der Waals surface area contributed by atoms with Gasteiger partial charge in [-0.15, -0.1) is 0 Å². The predicted molar refractivity (Wildman–Crippen MR) is 60.6 cm³/mol. The molecule has 0 radical (unpaired) electrons. The van der Waals surface area contributed by atoms with Gasteiger partial charge in [0.2, 0.25) is 0 Å². The van der Waals surface area contributed by atoms with Gasteiger partial charge in [0, 0.05) is 13.6 Å². The third-order valence-electron chi connectivity index (χ3n) is 2.61. The lowest BCUT2D eigenvalue weighted by Crippen LogP contribution is -2.48. The third-order valence-corrected chi connectivity index (χ3v) is 2.61. The van der Waals surface area contributed by atoms with Crippen molar-refractivity contribution in [2.24, 2.45) is 0 Å². The molecule has 1 unspecified atom stereocenters. The van der Waals surface area contributed by atoms with Crippen LogP contribution in [-0.4, -0.2) is 54.5 Å². The van der Waals surface area contributed by atoms with Gasteiger partial charge in [-0.3, -0.25) is 4.98 Å². The smallest absolute Gasteiger partial charge is 0.150 e. The van der Waals surface area contributed by atoms with E-state index in [4.69, 9.17) is 4.74 Å². The summed E-state index contributed by atoms with van der Waals surface area (Å²) in [6, 6.07) is -0.0323. The third kappa shape index (κ3) is 2.23. The first-order valence-electron chi connectivity index (χ1n) is 5.30. The Kier molecular flexibility index (Phi) is 3.53. The molecule has 1 atom stereocenters. The monoisotopic (exact) mass is 224 g/mol. The van der Waals surface area contributed by atoms with Crippen LogP contribution in [0.2, 0.25) is 0 Å². The molecule has 1 aliphatic rings. The lowest BCUT2D eigenvalue weighted by molar-refractivity contribution is 0.0722. The van der Waals surface area contributed by atoms with E-state index in [0.717, 1.165) is 18.2 Å². The van der Waals surface area contributed by atoms with Gasteiger partial charge in [-0.2, -0.15) is 0 Å². The molecule has 16 heavy (non-hydrogen) atoms. The summed E-state index contributed by atoms with van der Waals surface area (Å²) in [4.78, 5) is 10.5. The molecule has 0 amide bonds. The van der Waals surface area contributed by atoms with E-state index in [9.17, 15) is 5.11 Å². The molecule has 0 bridgehead atoms. The minimum atomic E-state index is -0.0323. The first-order chi connectivity index (χ1) is 7.85. The van der Waals surface area contributed by atoms with Gasteiger partial charge < -0.3 is 20.1 Å². The van der Waals surface area contributed by atoms with Crippen molar-refractivity contribution in [1.29, 1.82) is 0 Å². The molecule has 0 spiro atoms. The Balaban J connectivity index is 2.20. The van der Waals surface area contributed by atoms with Crippen LogP contribution in [-0.2, 0) is 4.74 Å². The molecule has 2 N–H and O–H groups in total. The summed E-state index contributed by atoms with van der Waals surface area (Å²) < 4.78 is 5.32. The predicted octanol–water partition coefficient (Wildman–Crippen LogP) is -0.284. The lowest BCUT2D eigenvalue weighted by Gasteiger charge is -2.35. The molecule has 88 valence electrons. The van der Waals surface area contributed by atoms with Gasteiger partial charge in [-0.25, -0.2) is 4.98 Å². The first-order valence-corrected chi connectivity index (χ1v) is 5.30. The Morgan fingerprint density at radius 2 is 2.50 bits per heavy atom. The van der Waals surface area contributed by atoms with Crippen LogP contribution in [0.4, 0.5) is 11.6 Å². The maximum Gasteiger partial charge on any atom is 0.150 e. The molecule has 1 aliphatic heterocycles. The van der Waals surface area contributed by atoms with Crippen molar-refractivity contribution in [2.45, 2.75) is 6.04 Å². The fourth-order valence-electron chi connectivity index (χ4n) is 1.72. The standard InChI is InChI=1S/C10H16N4O2/c1-11-9-4-12-5-10(13-9)14-2-3-16-7-8(14)6-15/h4-5,8,15H,2-3,6-7H2,1H3,(H,11,13). The molecule has 2 rings (SSSR count). The van der Waals surface area contributed by atoms with Crippen LogP contribution in [0.1, 0.15) is 0 Å². The van der Waals surface area contributed by atoms with E-state index in [0.29, 0.717) is 13.2 Å². The Morgan fingerprint density at radius 1 is 1.62 bits per heavy atom. The number of rotatable bonds is 3. The molecule has 1 fully saturated rings. The van der Waals surface area contributed by atoms with E-state index in [2.05, 4.69) is 15.3 Å². The number of hydrogen-bond acceptors (Lipinski definition) is 6. The maximum absolute atomic E-state index is 9.26. The summed E-state index contributed by atoms with van der Waals surface area (Å²) in [5.41, 5.74) is 0. The number of aliphatic hydroxyl groups is 1. The Hall–Kier alpha value is -1.40. The van der Waals surface area contributed by atoms with Gasteiger partial charge >= 0.3 is 0 Å². The maximum atomic E-state index is 9.26. The summed E-state index contributed by atoms with van der Waals surface area (Å²) in [5.74, 6) is 1.50. The molecule has 6 heteroatoms. The van der Waals surface area contributed by atoms with Gasteiger partial charge in [-0.1, -0.05) is 0 Å². The molecule has 0 aliphatic carbocycles. The number of nitrogens with zero attached hydrogens (tertiary/aromatic N) is 3. The van der Waals surface area contributed by atoms with Crippen LogP contribution in [0.25, 0.3) is 0 Å². The van der Waals surface area contributed by atoms with Crippen LogP contribution in [0, 0.1) is 0 Å². The highest BCUT2D eigenvalue weighted by Crippen LogP contribution is 2.17. The molecular weight excluding hydrogens is 208 g/mol. The number of morpholine rings is 1. The molecular formula is C10H16N4O2. The average molecular weight is 224 g/mol. The summed E-state index contributed by atoms with van der Waals surface area (Å²) >= 11 is 0. The molecule has 1 aromatic rings. The van der Waals surface area contributed by atoms with Crippen molar-refractivity contribution in [3.8, 4) is 0 Å². The molecule has 0 saturated carbocycles. The van der Waals surface area contributed by atoms with E-state index in [1.54, 1.807) is 19.4 Å². The largest absolute Gasteiger partial charge is 0.394 e. The van der Waals surface area contributed by atoms with Crippen molar-refractivity contribution >= 4 is 11.6 Å². The van der Waals surface area contributed by atoms with E-state index in [1.165, 1.54) is 0 Å². The van der Waals surface area contributed by atoms with Gasteiger partial charge in [0.15, 0.2) is 0 Å². The van der Waals surface area contributed by atoms with Crippen LogP contribution in [0.15, 0.2) is 12.4 Å². The Morgan fingerprint density at radius 3 is 3.25 bits per heavy atom. The zero-order valence-electron chi connectivity index (χ0n) is 9.26. The molecule has 6 nitrogen and oxygen atoms in total. The van der Waals surface area contributed by atoms with Gasteiger partial charge in [-0.05, 0) is 0 Å². The number of aromatic nitrogens is 2. The minimum Gasteiger partial charge on any atom is -0.394 e. The molecule has 2 heterocycles. The van der Waals surface area contributed by atoms with Crippen LogP contribution in [0.5, 0.6) is 0 Å². The highest BCUT2D eigenvalue weighted by molar-refractivity contribution is 5.44. The summed E-state index contributed by atoms with van der Waals surface area (Å²) in [6.45, 7) is 1.97. The fourth-order valence-corrected chi connectivity index (χ4v) is 1.72. The van der Waals surface area contributed by atoms with Gasteiger partial charge in [0.05, 0.1) is 38.3 Å². The van der Waals surface area contributed by atoms with Crippen molar-refractivity contribution in [2.75, 3.05) is 43.6 Å². The number of aliphatic hydroxyl groups excluding tert-OH is 1. The zero-order chi connectivity index (χ0) is 11.4. The van der Waals surface area contributed by atoms with Gasteiger partial charge in [0.1, 0.15) is 11.6 Å². The fraction of sp³-hybridized carbons (Fsp3) is 0.600. The summed E-state index contributed by atoms with van der Waals surface area (Å²) in [5, 5.41) is 12.2. The number of ether oxygens (including phenoxy) is 1. The highest BCUT2D eigenvalue weighted by atomic mass is 16.5. The number of nitrogens with one attached hydrogen (secondary N) is 1. The van der Waals surface area contributed by atoms with E-state index >= 15 is 0 Å². The molecule has 1 aromatic heterocycles. The second-order valence-corrected chi connectivity index (χ2v) is 3.62. The van der Waals surface area contributed by atoms with E-state index in [-0.39, 0.29) is 12.6 Å². The molecule has 1 saturated heterocycles. The summed E-state index contributed by atoms with van der Waals surface area (Å²) in [6.07, 6.45) is 3.37. The van der Waals surface area contributed by atoms with Crippen LogP contribution in [0.3, 0.4) is 0 Å². The first kappa shape index (κ1) is 11.1. The SMILES string of the molecule is CNc1cncc(N2CCOCC2CO)n1. The van der Waals surface area contributed by atoms with E-state index < -0.39 is 0 Å². The second kappa shape index (κ2) is 5.09. The summed E-state index contributed by atoms with van der Waals surface area (Å²) in [7, 11) is 1.80. The molecule has 0 aromatic carbocycles. The van der Waals surface area contributed by atoms with Crippen molar-refractivity contribution in [3.05, 3.63) is 12.4 Å². The average Bonchev–Trinajstić information content (AvgIpc) is 2.38. The number of hydrogen-bond donors (Lipinski definition) is 2. The topological polar surface area (TPSA) is 70.5 Å². The van der Waals surface area contributed by atoms with Crippen LogP contribution < -0.4 is 10.2 Å². The number of anilines is 2. The van der Waals surface area contributed by atoms with Crippen molar-refractivity contribution < 1.29 is 9.84 Å². The van der Waals surface area contributed by atoms with Crippen molar-refractivity contribution in [3.63, 3.8) is 0 Å². The Labute approximate surface area is 94.3 Å². The quantitative estimate of drug-likeness (QED) is 0.735. The minimum absolute atomic E-state index is 0.0323. The second-order valence-electron chi connectivity index (χ2n) is 3.62. The zero-order valence-corrected chi connectivity index (χ0v) is 9.26. The Bertz CT molecular complexity index is 347. The lowest BCUT2D eigenvalue weighted by atomic mass is 10.2. The van der Waals surface area contributed by atoms with Crippen molar-refractivity contribution in [1.82, 2.24) is 9.97 Å². The normalized spacial score (nSPS) is 20.9. The van der Waals surface area contributed by atoms with Gasteiger partial charge in [0.25, 0.3) is 0 Å².